The summed E-state index contributed by atoms with van der Waals surface area (Å²) in [4.78, 5) is 23.8. The normalized spacial score (nSPS) is 15.1. The Bertz CT molecular complexity index is 1570. The molecule has 0 atom stereocenters. The summed E-state index contributed by atoms with van der Waals surface area (Å²) >= 11 is 1.44. The van der Waals surface area contributed by atoms with E-state index in [0.29, 0.717) is 11.2 Å². The topological polar surface area (TPSA) is 83.5 Å². The fourth-order valence-corrected chi connectivity index (χ4v) is 7.25. The minimum absolute atomic E-state index is 0.0231. The summed E-state index contributed by atoms with van der Waals surface area (Å²) in [5.41, 5.74) is 2.82. The van der Waals surface area contributed by atoms with Gasteiger partial charge in [-0.05, 0) is 60.7 Å². The average molecular weight is 557 g/mol. The predicted octanol–water partition coefficient (Wildman–Crippen LogP) is 5.17. The molecule has 2 aromatic heterocycles. The minimum atomic E-state index is -4.24. The number of sulfonamides is 1. The highest BCUT2D eigenvalue weighted by Gasteiger charge is 2.36. The van der Waals surface area contributed by atoms with Crippen molar-refractivity contribution in [2.24, 2.45) is 5.92 Å². The van der Waals surface area contributed by atoms with E-state index in [4.69, 9.17) is 4.98 Å². The van der Waals surface area contributed by atoms with Crippen LogP contribution in [0.4, 0.5) is 13.9 Å². The largest absolute Gasteiger partial charge is 0.283 e. The molecule has 0 radical (unpaired) electrons. The van der Waals surface area contributed by atoms with Crippen molar-refractivity contribution in [1.29, 1.82) is 0 Å². The highest BCUT2D eigenvalue weighted by Crippen LogP contribution is 2.34. The third-order valence-corrected chi connectivity index (χ3v) is 9.70. The minimum Gasteiger partial charge on any atom is -0.283 e. The van der Waals surface area contributed by atoms with E-state index in [9.17, 15) is 22.0 Å². The summed E-state index contributed by atoms with van der Waals surface area (Å²) in [7, 11) is -4.24. The summed E-state index contributed by atoms with van der Waals surface area (Å²) in [5, 5.41) is 0.576. The van der Waals surface area contributed by atoms with Crippen LogP contribution in [0.3, 0.4) is 0 Å². The molecule has 7 nitrogen and oxygen atoms in total. The van der Waals surface area contributed by atoms with Gasteiger partial charge in [0.25, 0.3) is 0 Å². The molecule has 0 N–H and O–H groups in total. The third kappa shape index (κ3) is 5.18. The van der Waals surface area contributed by atoms with Crippen molar-refractivity contribution in [1.82, 2.24) is 14.3 Å². The fourth-order valence-electron chi connectivity index (χ4n) is 4.69. The number of anilines is 1. The summed E-state index contributed by atoms with van der Waals surface area (Å²) in [6.45, 7) is 2.38. The van der Waals surface area contributed by atoms with E-state index in [1.54, 1.807) is 23.4 Å². The molecule has 38 heavy (non-hydrogen) atoms. The van der Waals surface area contributed by atoms with Crippen molar-refractivity contribution in [2.45, 2.75) is 37.6 Å². The lowest BCUT2D eigenvalue weighted by Crippen LogP contribution is -2.44. The van der Waals surface area contributed by atoms with Gasteiger partial charge in [-0.3, -0.25) is 14.7 Å². The first-order valence-corrected chi connectivity index (χ1v) is 14.6. The lowest BCUT2D eigenvalue weighted by molar-refractivity contribution is -0.123. The van der Waals surface area contributed by atoms with Gasteiger partial charge in [0.2, 0.25) is 15.9 Å². The molecule has 3 heterocycles. The van der Waals surface area contributed by atoms with Crippen LogP contribution in [0.1, 0.15) is 30.9 Å². The van der Waals surface area contributed by atoms with E-state index in [2.05, 4.69) is 11.9 Å². The van der Waals surface area contributed by atoms with Crippen LogP contribution in [-0.2, 0) is 27.8 Å². The van der Waals surface area contributed by atoms with Gasteiger partial charge in [-0.15, -0.1) is 0 Å². The average Bonchev–Trinajstić information content (AvgIpc) is 3.37. The number of benzene rings is 2. The fraction of sp³-hybridized carbons (Fsp3) is 0.296. The first-order valence-electron chi connectivity index (χ1n) is 12.3. The number of carbonyl (C=O) groups is 1. The molecule has 0 aliphatic carbocycles. The van der Waals surface area contributed by atoms with Crippen LogP contribution in [-0.4, -0.2) is 41.7 Å². The van der Waals surface area contributed by atoms with Gasteiger partial charge < -0.3 is 0 Å². The number of aryl methyl sites for hydroxylation is 1. The molecule has 0 saturated carbocycles. The molecule has 0 unspecified atom stereocenters. The van der Waals surface area contributed by atoms with E-state index in [0.717, 1.165) is 44.2 Å². The summed E-state index contributed by atoms with van der Waals surface area (Å²) in [5.74, 6) is -2.44. The Labute approximate surface area is 223 Å². The number of fused-ring (bicyclic) bond motifs is 1. The number of nitrogens with zero attached hydrogens (tertiary/aromatic N) is 4. The second kappa shape index (κ2) is 10.8. The lowest BCUT2D eigenvalue weighted by Gasteiger charge is -2.33. The smallest absolute Gasteiger partial charge is 0.246 e. The first kappa shape index (κ1) is 26.3. The number of rotatable bonds is 7. The predicted molar refractivity (Wildman–Crippen MR) is 142 cm³/mol. The summed E-state index contributed by atoms with van der Waals surface area (Å²) in [6, 6.07) is 12.1. The lowest BCUT2D eigenvalue weighted by atomic mass is 9.96. The van der Waals surface area contributed by atoms with Gasteiger partial charge in [-0.2, -0.15) is 4.31 Å². The molecule has 2 aromatic carbocycles. The van der Waals surface area contributed by atoms with Crippen molar-refractivity contribution < 1.29 is 22.0 Å². The Morgan fingerprint density at radius 3 is 2.63 bits per heavy atom. The van der Waals surface area contributed by atoms with Crippen molar-refractivity contribution in [3.8, 4) is 0 Å². The van der Waals surface area contributed by atoms with Crippen LogP contribution >= 0.6 is 11.3 Å². The van der Waals surface area contributed by atoms with E-state index in [1.165, 1.54) is 11.3 Å². The Kier molecular flexibility index (Phi) is 7.51. The second-order valence-corrected chi connectivity index (χ2v) is 12.1. The number of carbonyl (C=O) groups excluding carboxylic acids is 1. The molecule has 198 valence electrons. The monoisotopic (exact) mass is 556 g/mol. The van der Waals surface area contributed by atoms with Gasteiger partial charge in [0.05, 0.1) is 16.8 Å². The Balaban J connectivity index is 1.39. The number of hydrogen-bond donors (Lipinski definition) is 0. The van der Waals surface area contributed by atoms with Crippen LogP contribution < -0.4 is 4.90 Å². The molecular weight excluding hydrogens is 530 g/mol. The number of halogens is 2. The van der Waals surface area contributed by atoms with Crippen molar-refractivity contribution in [2.75, 3.05) is 18.0 Å². The zero-order chi connectivity index (χ0) is 26.9. The molecule has 1 fully saturated rings. The van der Waals surface area contributed by atoms with Gasteiger partial charge in [0.1, 0.15) is 16.5 Å². The van der Waals surface area contributed by atoms with Crippen LogP contribution in [0, 0.1) is 17.6 Å². The molecule has 5 rings (SSSR count). The summed E-state index contributed by atoms with van der Waals surface area (Å²) < 4.78 is 56.0. The van der Waals surface area contributed by atoms with E-state index < -0.39 is 32.5 Å². The molecule has 1 aliphatic heterocycles. The van der Waals surface area contributed by atoms with Gasteiger partial charge in [-0.1, -0.05) is 36.5 Å². The molecule has 1 saturated heterocycles. The Morgan fingerprint density at radius 2 is 1.92 bits per heavy atom. The Morgan fingerprint density at radius 1 is 1.13 bits per heavy atom. The number of aromatic nitrogens is 2. The van der Waals surface area contributed by atoms with Crippen LogP contribution in [0.2, 0.25) is 0 Å². The highest BCUT2D eigenvalue weighted by molar-refractivity contribution is 7.89. The van der Waals surface area contributed by atoms with E-state index >= 15 is 0 Å². The van der Waals surface area contributed by atoms with Crippen molar-refractivity contribution >= 4 is 42.6 Å². The van der Waals surface area contributed by atoms with Gasteiger partial charge >= 0.3 is 0 Å². The quantitative estimate of drug-likeness (QED) is 0.314. The molecule has 4 aromatic rings. The zero-order valence-corrected chi connectivity index (χ0v) is 22.3. The molecular formula is C27H26F2N4O3S2. The van der Waals surface area contributed by atoms with Crippen LogP contribution in [0.25, 0.3) is 10.2 Å². The first-order chi connectivity index (χ1) is 18.3. The Hall–Kier alpha value is -3.28. The van der Waals surface area contributed by atoms with Crippen LogP contribution in [0.15, 0.2) is 65.8 Å². The molecule has 1 amide bonds. The molecule has 1 aliphatic rings. The molecule has 0 spiro atoms. The highest BCUT2D eigenvalue weighted by atomic mass is 32.2. The number of hydrogen-bond acceptors (Lipinski definition) is 6. The number of pyridine rings is 1. The second-order valence-electron chi connectivity index (χ2n) is 9.15. The maximum atomic E-state index is 14.2. The van der Waals surface area contributed by atoms with E-state index in [-0.39, 0.29) is 38.4 Å². The SMILES string of the molecule is CCc1cccc2sc(N(Cc3cccnc3)C(=O)C3CCN(S(=O)(=O)c4cc(F)ccc4F)CC3)nc12. The zero-order valence-electron chi connectivity index (χ0n) is 20.7. The standard InChI is InChI=1S/C27H26F2N4O3S2/c1-2-19-6-3-7-23-25(19)31-27(37-23)33(17-18-5-4-12-30-16-18)26(34)20-10-13-32(14-11-20)38(35,36)24-15-21(28)8-9-22(24)29/h3-9,12,15-16,20H,2,10-11,13-14,17H2,1H3. The maximum absolute atomic E-state index is 14.2. The number of para-hydroxylation sites is 1. The molecule has 0 bridgehead atoms. The molecule has 11 heteroatoms. The number of amides is 1. The van der Waals surface area contributed by atoms with E-state index in [1.807, 2.05) is 24.3 Å². The van der Waals surface area contributed by atoms with Crippen molar-refractivity contribution in [3.63, 3.8) is 0 Å². The van der Waals surface area contributed by atoms with Gasteiger partial charge in [-0.25, -0.2) is 22.2 Å². The van der Waals surface area contributed by atoms with Crippen molar-refractivity contribution in [3.05, 3.63) is 83.7 Å². The van der Waals surface area contributed by atoms with Gasteiger partial charge in [0.15, 0.2) is 5.13 Å². The van der Waals surface area contributed by atoms with Gasteiger partial charge in [0, 0.05) is 31.4 Å². The summed E-state index contributed by atoms with van der Waals surface area (Å²) in [6.07, 6.45) is 4.69. The number of piperidine rings is 1. The van der Waals surface area contributed by atoms with Crippen LogP contribution in [0.5, 0.6) is 0 Å². The maximum Gasteiger partial charge on any atom is 0.246 e. The third-order valence-electron chi connectivity index (χ3n) is 6.75. The number of thiazole rings is 1.